The van der Waals surface area contributed by atoms with E-state index in [0.29, 0.717) is 5.92 Å². The maximum atomic E-state index is 9.34. The van der Waals surface area contributed by atoms with Crippen molar-refractivity contribution in [2.45, 2.75) is 46.2 Å². The van der Waals surface area contributed by atoms with Crippen molar-refractivity contribution in [3.05, 3.63) is 29.8 Å². The first-order valence-electron chi connectivity index (χ1n) is 7.21. The lowest BCUT2D eigenvalue weighted by atomic mass is 10.0. The molecule has 0 fully saturated rings. The highest BCUT2D eigenvalue weighted by atomic mass is 16.5. The maximum absolute atomic E-state index is 9.34. The van der Waals surface area contributed by atoms with Crippen LogP contribution in [0.25, 0.3) is 0 Å². The van der Waals surface area contributed by atoms with E-state index in [1.165, 1.54) is 5.56 Å². The van der Waals surface area contributed by atoms with Gasteiger partial charge in [0.05, 0.1) is 13.2 Å². The normalized spacial score (nSPS) is 12.7. The van der Waals surface area contributed by atoms with Gasteiger partial charge in [-0.05, 0) is 36.5 Å². The molecule has 1 atom stereocenters. The number of hydrogen-bond donors (Lipinski definition) is 2. The summed E-state index contributed by atoms with van der Waals surface area (Å²) in [4.78, 5) is 0. The van der Waals surface area contributed by atoms with E-state index in [1.807, 2.05) is 12.1 Å². The topological polar surface area (TPSA) is 41.5 Å². The Morgan fingerprint density at radius 2 is 2.11 bits per heavy atom. The van der Waals surface area contributed by atoms with Crippen LogP contribution in [0.15, 0.2) is 24.3 Å². The number of ether oxygens (including phenoxy) is 1. The monoisotopic (exact) mass is 265 g/mol. The molecule has 0 aromatic heterocycles. The lowest BCUT2D eigenvalue weighted by molar-refractivity contribution is 0.223. The zero-order valence-corrected chi connectivity index (χ0v) is 12.4. The highest BCUT2D eigenvalue weighted by molar-refractivity contribution is 5.28. The van der Waals surface area contributed by atoms with Crippen LogP contribution in [-0.4, -0.2) is 24.4 Å². The predicted octanol–water partition coefficient (Wildman–Crippen LogP) is 2.97. The molecule has 0 aliphatic carbocycles. The predicted molar refractivity (Wildman–Crippen MR) is 79.4 cm³/mol. The van der Waals surface area contributed by atoms with Gasteiger partial charge in [-0.15, -0.1) is 0 Å². The van der Waals surface area contributed by atoms with E-state index < -0.39 is 0 Å². The molecule has 0 amide bonds. The Balaban J connectivity index is 2.47. The Morgan fingerprint density at radius 1 is 1.32 bits per heavy atom. The number of benzene rings is 1. The molecule has 0 aliphatic rings. The molecule has 19 heavy (non-hydrogen) atoms. The van der Waals surface area contributed by atoms with Crippen LogP contribution >= 0.6 is 0 Å². The van der Waals surface area contributed by atoms with Crippen molar-refractivity contribution in [2.75, 3.05) is 13.2 Å². The molecule has 0 saturated carbocycles. The molecule has 1 aromatic carbocycles. The number of hydrogen-bond acceptors (Lipinski definition) is 3. The minimum absolute atomic E-state index is 0.167. The fourth-order valence-corrected chi connectivity index (χ4v) is 2.02. The lowest BCUT2D eigenvalue weighted by Crippen LogP contribution is -2.33. The molecule has 0 saturated heterocycles. The van der Waals surface area contributed by atoms with E-state index in [-0.39, 0.29) is 12.6 Å². The summed E-state index contributed by atoms with van der Waals surface area (Å²) in [6.45, 7) is 8.14. The second-order valence-corrected chi connectivity index (χ2v) is 5.39. The molecule has 2 N–H and O–H groups in total. The second-order valence-electron chi connectivity index (χ2n) is 5.39. The first-order chi connectivity index (χ1) is 9.15. The smallest absolute Gasteiger partial charge is 0.119 e. The van der Waals surface area contributed by atoms with Crippen LogP contribution in [-0.2, 0) is 6.54 Å². The van der Waals surface area contributed by atoms with Gasteiger partial charge in [-0.2, -0.15) is 0 Å². The van der Waals surface area contributed by atoms with Crippen LogP contribution in [0.3, 0.4) is 0 Å². The third-order valence-corrected chi connectivity index (χ3v) is 2.94. The number of rotatable bonds is 9. The van der Waals surface area contributed by atoms with E-state index in [9.17, 15) is 5.11 Å². The van der Waals surface area contributed by atoms with Gasteiger partial charge in [0.15, 0.2) is 0 Å². The molecular formula is C16H27NO2. The Labute approximate surface area is 117 Å². The fourth-order valence-electron chi connectivity index (χ4n) is 2.02. The van der Waals surface area contributed by atoms with E-state index in [1.54, 1.807) is 0 Å². The minimum atomic E-state index is 0.167. The molecule has 0 bridgehead atoms. The van der Waals surface area contributed by atoms with Crippen LogP contribution in [0.4, 0.5) is 0 Å². The molecular weight excluding hydrogens is 238 g/mol. The van der Waals surface area contributed by atoms with Gasteiger partial charge in [-0.25, -0.2) is 0 Å². The average Bonchev–Trinajstić information content (AvgIpc) is 2.41. The zero-order valence-electron chi connectivity index (χ0n) is 12.4. The summed E-state index contributed by atoms with van der Waals surface area (Å²) >= 11 is 0. The lowest BCUT2D eigenvalue weighted by Gasteiger charge is -2.18. The van der Waals surface area contributed by atoms with Crippen molar-refractivity contribution in [3.8, 4) is 5.75 Å². The van der Waals surface area contributed by atoms with E-state index >= 15 is 0 Å². The van der Waals surface area contributed by atoms with Crippen molar-refractivity contribution in [1.82, 2.24) is 5.32 Å². The summed E-state index contributed by atoms with van der Waals surface area (Å²) in [5.41, 5.74) is 1.19. The molecule has 0 spiro atoms. The third-order valence-electron chi connectivity index (χ3n) is 2.94. The summed E-state index contributed by atoms with van der Waals surface area (Å²) < 4.78 is 5.62. The summed E-state index contributed by atoms with van der Waals surface area (Å²) in [6, 6.07) is 8.30. The summed E-state index contributed by atoms with van der Waals surface area (Å²) in [7, 11) is 0. The Kier molecular flexibility index (Phi) is 7.53. The van der Waals surface area contributed by atoms with E-state index in [2.05, 4.69) is 38.2 Å². The SMILES string of the molecule is CCCOc1cccc(CNC(CO)CC(C)C)c1. The van der Waals surface area contributed by atoms with Gasteiger partial charge in [0.2, 0.25) is 0 Å². The largest absolute Gasteiger partial charge is 0.494 e. The summed E-state index contributed by atoms with van der Waals surface area (Å²) in [5, 5.41) is 12.7. The Bertz CT molecular complexity index is 352. The van der Waals surface area contributed by atoms with Crippen molar-refractivity contribution >= 4 is 0 Å². The first kappa shape index (κ1) is 16.0. The second kappa shape index (κ2) is 8.94. The number of aliphatic hydroxyl groups is 1. The van der Waals surface area contributed by atoms with Crippen LogP contribution in [0.5, 0.6) is 5.75 Å². The first-order valence-corrected chi connectivity index (χ1v) is 7.21. The molecule has 1 rings (SSSR count). The molecule has 1 aromatic rings. The Morgan fingerprint density at radius 3 is 2.74 bits per heavy atom. The van der Waals surface area contributed by atoms with Crippen LogP contribution in [0, 0.1) is 5.92 Å². The van der Waals surface area contributed by atoms with Crippen molar-refractivity contribution in [1.29, 1.82) is 0 Å². The van der Waals surface area contributed by atoms with E-state index in [4.69, 9.17) is 4.74 Å². The molecule has 0 aliphatic heterocycles. The van der Waals surface area contributed by atoms with Gasteiger partial charge < -0.3 is 15.2 Å². The van der Waals surface area contributed by atoms with E-state index in [0.717, 1.165) is 31.7 Å². The summed E-state index contributed by atoms with van der Waals surface area (Å²) in [6.07, 6.45) is 2.01. The number of nitrogens with one attached hydrogen (secondary N) is 1. The standard InChI is InChI=1S/C16H27NO2/c1-4-8-19-16-7-5-6-14(10-16)11-17-15(12-18)9-13(2)3/h5-7,10,13,15,17-18H,4,8-9,11-12H2,1-3H3. The van der Waals surface area contributed by atoms with Gasteiger partial charge in [0.1, 0.15) is 5.75 Å². The zero-order chi connectivity index (χ0) is 14.1. The maximum Gasteiger partial charge on any atom is 0.119 e. The van der Waals surface area contributed by atoms with Crippen molar-refractivity contribution in [3.63, 3.8) is 0 Å². The van der Waals surface area contributed by atoms with Gasteiger partial charge >= 0.3 is 0 Å². The van der Waals surface area contributed by atoms with Crippen LogP contribution in [0.2, 0.25) is 0 Å². The minimum Gasteiger partial charge on any atom is -0.494 e. The molecule has 108 valence electrons. The van der Waals surface area contributed by atoms with Crippen LogP contribution < -0.4 is 10.1 Å². The van der Waals surface area contributed by atoms with Gasteiger partial charge in [-0.3, -0.25) is 0 Å². The van der Waals surface area contributed by atoms with Gasteiger partial charge in [-0.1, -0.05) is 32.9 Å². The van der Waals surface area contributed by atoms with Gasteiger partial charge in [0.25, 0.3) is 0 Å². The fraction of sp³-hybridized carbons (Fsp3) is 0.625. The van der Waals surface area contributed by atoms with Crippen molar-refractivity contribution in [2.24, 2.45) is 5.92 Å². The van der Waals surface area contributed by atoms with Crippen LogP contribution in [0.1, 0.15) is 39.2 Å². The molecule has 3 nitrogen and oxygen atoms in total. The third kappa shape index (κ3) is 6.60. The molecule has 1 unspecified atom stereocenters. The number of aliphatic hydroxyl groups excluding tert-OH is 1. The molecule has 0 heterocycles. The Hall–Kier alpha value is -1.06. The highest BCUT2D eigenvalue weighted by Gasteiger charge is 2.09. The molecule has 0 radical (unpaired) electrons. The summed E-state index contributed by atoms with van der Waals surface area (Å²) in [5.74, 6) is 1.51. The van der Waals surface area contributed by atoms with Crippen molar-refractivity contribution < 1.29 is 9.84 Å². The average molecular weight is 265 g/mol. The molecule has 3 heteroatoms. The van der Waals surface area contributed by atoms with Gasteiger partial charge in [0, 0.05) is 12.6 Å². The quantitative estimate of drug-likeness (QED) is 0.721. The highest BCUT2D eigenvalue weighted by Crippen LogP contribution is 2.14.